The number of nitrogens with one attached hydrogen (secondary N) is 2. The lowest BCUT2D eigenvalue weighted by molar-refractivity contribution is -0.143. The van der Waals surface area contributed by atoms with Gasteiger partial charge in [-0.15, -0.1) is 10.2 Å². The van der Waals surface area contributed by atoms with Crippen LogP contribution >= 0.6 is 11.8 Å². The minimum atomic E-state index is -0.693. The number of esters is 1. The van der Waals surface area contributed by atoms with Crippen LogP contribution in [0.2, 0.25) is 0 Å². The molecule has 0 aliphatic carbocycles. The first-order valence-corrected chi connectivity index (χ1v) is 15.9. The quantitative estimate of drug-likeness (QED) is 0.135. The third kappa shape index (κ3) is 8.98. The topological polar surface area (TPSA) is 184 Å². The van der Waals surface area contributed by atoms with Crippen molar-refractivity contribution in [3.05, 3.63) is 39.9 Å². The highest BCUT2D eigenvalue weighted by Gasteiger charge is 2.25. The number of carbonyl (C=O) groups excluding carboxylic acids is 2. The number of aromatic amines is 1. The summed E-state index contributed by atoms with van der Waals surface area (Å²) in [6.45, 7) is 14.6. The Morgan fingerprint density at radius 2 is 1.96 bits per heavy atom. The Hall–Kier alpha value is -4.58. The maximum Gasteiger partial charge on any atom is 0.350 e. The first-order valence-electron chi connectivity index (χ1n) is 14.7. The number of amides is 1. The lowest BCUT2D eigenvalue weighted by atomic mass is 9.95. The van der Waals surface area contributed by atoms with Gasteiger partial charge in [0.1, 0.15) is 17.3 Å². The number of carbonyl (C=O) groups is 2. The van der Waals surface area contributed by atoms with E-state index >= 15 is 0 Å². The molecule has 2 heterocycles. The number of H-pyrrole nitrogens is 1. The molecule has 0 spiro atoms. The Morgan fingerprint density at radius 3 is 2.56 bits per heavy atom. The minimum absolute atomic E-state index is 0.0368. The summed E-state index contributed by atoms with van der Waals surface area (Å²) in [7, 11) is 0. The number of aromatic nitrogens is 5. The summed E-state index contributed by atoms with van der Waals surface area (Å²) in [5.74, 6) is -0.513. The Morgan fingerprint density at radius 1 is 1.22 bits per heavy atom. The van der Waals surface area contributed by atoms with Crippen LogP contribution in [0.15, 0.2) is 38.4 Å². The number of rotatable bonds is 13. The Bertz CT molecular complexity index is 1650. The van der Waals surface area contributed by atoms with Gasteiger partial charge in [0.15, 0.2) is 11.0 Å². The monoisotopic (exact) mass is 636 g/mol. The van der Waals surface area contributed by atoms with Gasteiger partial charge in [-0.25, -0.2) is 4.79 Å². The maximum absolute atomic E-state index is 13.1. The molecule has 240 valence electrons. The van der Waals surface area contributed by atoms with Crippen molar-refractivity contribution >= 4 is 46.5 Å². The number of hydrogen-bond donors (Lipinski definition) is 2. The van der Waals surface area contributed by atoms with Gasteiger partial charge in [0.25, 0.3) is 0 Å². The van der Waals surface area contributed by atoms with Crippen LogP contribution < -0.4 is 15.9 Å². The van der Waals surface area contributed by atoms with Gasteiger partial charge >= 0.3 is 11.7 Å². The fourth-order valence-corrected chi connectivity index (χ4v) is 4.51. The first-order chi connectivity index (χ1) is 21.3. The zero-order chi connectivity index (χ0) is 33.3. The van der Waals surface area contributed by atoms with E-state index in [1.54, 1.807) is 46.1 Å². The molecule has 45 heavy (non-hydrogen) atoms. The molecule has 0 saturated carbocycles. The van der Waals surface area contributed by atoms with Crippen molar-refractivity contribution in [3.8, 4) is 12.0 Å². The van der Waals surface area contributed by atoms with Crippen molar-refractivity contribution in [3.63, 3.8) is 0 Å². The molecule has 14 nitrogen and oxygen atoms in total. The van der Waals surface area contributed by atoms with E-state index < -0.39 is 11.1 Å². The van der Waals surface area contributed by atoms with Gasteiger partial charge in [0, 0.05) is 30.6 Å². The van der Waals surface area contributed by atoms with E-state index in [9.17, 15) is 19.6 Å². The van der Waals surface area contributed by atoms with Crippen LogP contribution in [-0.2, 0) is 14.3 Å². The average molecular weight is 637 g/mol. The van der Waals surface area contributed by atoms with E-state index in [1.807, 2.05) is 26.8 Å². The number of nitriles is 1. The molecule has 0 radical (unpaired) electrons. The van der Waals surface area contributed by atoms with Crippen LogP contribution in [0.3, 0.4) is 0 Å². The summed E-state index contributed by atoms with van der Waals surface area (Å²) in [6, 6.07) is 7.54. The van der Waals surface area contributed by atoms with Crippen LogP contribution in [-0.4, -0.2) is 62.6 Å². The van der Waals surface area contributed by atoms with Gasteiger partial charge in [0.2, 0.25) is 11.9 Å². The normalized spacial score (nSPS) is 11.6. The molecular weight excluding hydrogens is 596 g/mol. The van der Waals surface area contributed by atoms with Crippen molar-refractivity contribution in [2.45, 2.75) is 72.4 Å². The molecule has 0 unspecified atom stereocenters. The molecule has 15 heteroatoms. The second-order valence-corrected chi connectivity index (χ2v) is 12.1. The molecule has 1 aromatic carbocycles. The summed E-state index contributed by atoms with van der Waals surface area (Å²) in [4.78, 5) is 50.0. The zero-order valence-corrected chi connectivity index (χ0v) is 27.8. The molecule has 3 aromatic rings. The number of hydrogen-bond acceptors (Lipinski definition) is 12. The van der Waals surface area contributed by atoms with Gasteiger partial charge in [-0.2, -0.15) is 25.0 Å². The van der Waals surface area contributed by atoms with Crippen molar-refractivity contribution in [1.29, 1.82) is 5.26 Å². The Balaban J connectivity index is 2.10. The highest BCUT2D eigenvalue weighted by atomic mass is 32.2. The molecule has 3 rings (SSSR count). The predicted molar refractivity (Wildman–Crippen MR) is 173 cm³/mol. The van der Waals surface area contributed by atoms with E-state index in [2.05, 4.69) is 46.6 Å². The molecule has 0 saturated heterocycles. The summed E-state index contributed by atoms with van der Waals surface area (Å²) < 4.78 is 6.31. The fourth-order valence-electron chi connectivity index (χ4n) is 4.16. The Labute approximate surface area is 266 Å². The molecule has 1 amide bonds. The third-order valence-electron chi connectivity index (χ3n) is 6.57. The molecule has 0 atom stereocenters. The second-order valence-electron chi connectivity index (χ2n) is 11.3. The SMILES string of the molecule is CCOC(=O)CCCN(CC)c1ccc(N=Nc2c(C#N)c(C(C)C)nn2-c2nc(SC)nc(=O)[nH]2)c(NC(=O)C(C)(C)C)c1. The summed E-state index contributed by atoms with van der Waals surface area (Å²) >= 11 is 1.18. The van der Waals surface area contributed by atoms with E-state index in [0.29, 0.717) is 49.6 Å². The fraction of sp³-hybridized carbons (Fsp3) is 0.500. The molecular formula is C30H40N10O4S. The van der Waals surface area contributed by atoms with Gasteiger partial charge in [-0.3, -0.25) is 14.6 Å². The van der Waals surface area contributed by atoms with Crippen molar-refractivity contribution < 1.29 is 14.3 Å². The summed E-state index contributed by atoms with van der Waals surface area (Å²) in [5, 5.41) is 26.7. The standard InChI is InChI=1S/C30H40N10O4S/c1-9-39(15-11-12-23(41)44-10-2)19-13-14-21(22(16-19)32-26(42)30(5,6)7)36-37-25-20(17-31)24(18(3)4)38-40(25)27-33-28(43)35-29(34-27)45-8/h13-14,16,18H,9-12,15H2,1-8H3,(H,32,42)(H,33,34,35,43). The van der Waals surface area contributed by atoms with Gasteiger partial charge in [-0.05, 0) is 50.6 Å². The Kier molecular flexibility index (Phi) is 12.0. The molecule has 0 aliphatic heterocycles. The van der Waals surface area contributed by atoms with E-state index in [-0.39, 0.29) is 40.3 Å². The zero-order valence-electron chi connectivity index (χ0n) is 27.0. The van der Waals surface area contributed by atoms with Crippen LogP contribution in [0.4, 0.5) is 22.9 Å². The molecule has 2 N–H and O–H groups in total. The smallest absolute Gasteiger partial charge is 0.350 e. The largest absolute Gasteiger partial charge is 0.466 e. The number of thioether (sulfide) groups is 1. The van der Waals surface area contributed by atoms with Crippen molar-refractivity contribution in [2.75, 3.05) is 36.2 Å². The average Bonchev–Trinajstić information content (AvgIpc) is 3.37. The van der Waals surface area contributed by atoms with E-state index in [0.717, 1.165) is 5.69 Å². The predicted octanol–water partition coefficient (Wildman–Crippen LogP) is 5.64. The number of anilines is 2. The van der Waals surface area contributed by atoms with Crippen LogP contribution in [0.5, 0.6) is 0 Å². The minimum Gasteiger partial charge on any atom is -0.466 e. The van der Waals surface area contributed by atoms with Crippen molar-refractivity contribution in [2.24, 2.45) is 15.6 Å². The molecule has 0 fully saturated rings. The molecule has 0 bridgehead atoms. The second kappa shape index (κ2) is 15.4. The first kappa shape index (κ1) is 34.9. The van der Waals surface area contributed by atoms with Crippen molar-refractivity contribution in [1.82, 2.24) is 24.7 Å². The highest BCUT2D eigenvalue weighted by molar-refractivity contribution is 7.98. The van der Waals surface area contributed by atoms with Gasteiger partial charge in [-0.1, -0.05) is 46.4 Å². The number of benzene rings is 1. The van der Waals surface area contributed by atoms with Crippen LogP contribution in [0.1, 0.15) is 78.5 Å². The maximum atomic E-state index is 13.1. The van der Waals surface area contributed by atoms with Crippen LogP contribution in [0, 0.1) is 16.7 Å². The van der Waals surface area contributed by atoms with Gasteiger partial charge < -0.3 is 15.0 Å². The third-order valence-corrected chi connectivity index (χ3v) is 7.12. The number of nitrogens with zero attached hydrogens (tertiary/aromatic N) is 8. The van der Waals surface area contributed by atoms with E-state index in [4.69, 9.17) is 4.74 Å². The molecule has 2 aromatic heterocycles. The summed E-state index contributed by atoms with van der Waals surface area (Å²) in [5.41, 5.74) is 0.872. The highest BCUT2D eigenvalue weighted by Crippen LogP contribution is 2.35. The van der Waals surface area contributed by atoms with Crippen LogP contribution in [0.25, 0.3) is 5.95 Å². The van der Waals surface area contributed by atoms with E-state index in [1.165, 1.54) is 16.4 Å². The lowest BCUT2D eigenvalue weighted by Gasteiger charge is -2.25. The lowest BCUT2D eigenvalue weighted by Crippen LogP contribution is -2.28. The molecule has 0 aliphatic rings. The number of ether oxygens (including phenoxy) is 1. The van der Waals surface area contributed by atoms with Gasteiger partial charge in [0.05, 0.1) is 18.0 Å². The summed E-state index contributed by atoms with van der Waals surface area (Å²) in [6.07, 6.45) is 2.63. The number of azo groups is 1.